The van der Waals surface area contributed by atoms with Crippen LogP contribution in [0.1, 0.15) is 6.92 Å². The second-order valence-corrected chi connectivity index (χ2v) is 14.0. The molecule has 3 N–H and O–H groups in total. The lowest BCUT2D eigenvalue weighted by Gasteiger charge is -2.23. The summed E-state index contributed by atoms with van der Waals surface area (Å²) in [6, 6.07) is 0. The predicted molar refractivity (Wildman–Crippen MR) is 74.8 cm³/mol. The molecule has 0 aromatic carbocycles. The predicted octanol–water partition coefficient (Wildman–Crippen LogP) is -3.15. The third kappa shape index (κ3) is 7.84. The lowest BCUT2D eigenvalue weighted by molar-refractivity contribution is -0.130. The van der Waals surface area contributed by atoms with E-state index in [-0.39, 0.29) is 15.8 Å². The molecule has 0 unspecified atom stereocenters. The third-order valence-corrected chi connectivity index (χ3v) is 9.86. The molecule has 0 rings (SSSR count). The Balaban J connectivity index is 3.86. The summed E-state index contributed by atoms with van der Waals surface area (Å²) in [6.07, 6.45) is 0. The van der Waals surface area contributed by atoms with Gasteiger partial charge in [0, 0.05) is 5.57 Å². The first-order valence-corrected chi connectivity index (χ1v) is 11.6. The number of carbonyl (C=O) groups excluding carboxylic acids is 1. The number of nitrogens with one attached hydrogen (secondary N) is 3. The second kappa shape index (κ2) is 7.27. The van der Waals surface area contributed by atoms with Crippen molar-refractivity contribution in [3.8, 4) is 0 Å². The first-order valence-electron chi connectivity index (χ1n) is 4.88. The number of rotatable bonds is 7. The van der Waals surface area contributed by atoms with Gasteiger partial charge in [-0.05, 0) is 20.0 Å². The fourth-order valence-electron chi connectivity index (χ4n) is 0.818. The minimum Gasteiger partial charge on any atom is -0.503 e. The van der Waals surface area contributed by atoms with Gasteiger partial charge in [0.05, 0.1) is 10.4 Å². The van der Waals surface area contributed by atoms with Gasteiger partial charge in [0.25, 0.3) is 0 Å². The fourth-order valence-corrected chi connectivity index (χ4v) is 8.82. The van der Waals surface area contributed by atoms with Gasteiger partial charge in [-0.1, -0.05) is 6.58 Å². The summed E-state index contributed by atoms with van der Waals surface area (Å²) in [4.78, 5) is 11.3. The van der Waals surface area contributed by atoms with Crippen LogP contribution in [-0.2, 0) is 9.22 Å². The molecule has 0 aliphatic rings. The van der Waals surface area contributed by atoms with E-state index in [0.29, 0.717) is 5.57 Å². The molecule has 0 aromatic rings. The van der Waals surface area contributed by atoms with Gasteiger partial charge in [-0.25, -0.2) is 4.79 Å². The SMILES string of the molecule is C=C(C)C(=O)O[Si](C)(C)N[SiH2]N[SiH2]N[SiH3]. The monoisotopic (exact) mass is 279 g/mol. The highest BCUT2D eigenvalue weighted by Gasteiger charge is 2.26. The van der Waals surface area contributed by atoms with Gasteiger partial charge in [0.2, 0.25) is 0 Å². The minimum atomic E-state index is -2.03. The van der Waals surface area contributed by atoms with E-state index in [4.69, 9.17) is 4.43 Å². The van der Waals surface area contributed by atoms with Gasteiger partial charge in [-0.15, -0.1) is 0 Å². The van der Waals surface area contributed by atoms with Crippen LogP contribution in [0.2, 0.25) is 13.1 Å². The van der Waals surface area contributed by atoms with E-state index in [1.165, 1.54) is 0 Å². The molecule has 0 saturated carbocycles. The third-order valence-electron chi connectivity index (χ3n) is 1.64. The Kier molecular flexibility index (Phi) is 7.25. The van der Waals surface area contributed by atoms with Crippen molar-refractivity contribution in [1.29, 1.82) is 0 Å². The summed E-state index contributed by atoms with van der Waals surface area (Å²) in [6.45, 7) is 9.20. The quantitative estimate of drug-likeness (QED) is 0.261. The Labute approximate surface area is 100 Å². The minimum absolute atomic E-state index is 0.265. The molecular formula is C6H21N3O2Si4. The molecule has 0 atom stereocenters. The van der Waals surface area contributed by atoms with Crippen LogP contribution in [0.5, 0.6) is 0 Å². The van der Waals surface area contributed by atoms with Crippen molar-refractivity contribution in [2.24, 2.45) is 0 Å². The molecule has 0 aliphatic heterocycles. The van der Waals surface area contributed by atoms with Crippen molar-refractivity contribution in [1.82, 2.24) is 13.9 Å². The van der Waals surface area contributed by atoms with Crippen molar-refractivity contribution < 1.29 is 9.22 Å². The van der Waals surface area contributed by atoms with Crippen molar-refractivity contribution in [2.75, 3.05) is 0 Å². The lowest BCUT2D eigenvalue weighted by atomic mass is 10.4. The highest BCUT2D eigenvalue weighted by molar-refractivity contribution is 6.77. The normalized spacial score (nSPS) is 13.0. The highest BCUT2D eigenvalue weighted by atomic mass is 28.4. The number of hydrogen-bond donors (Lipinski definition) is 3. The van der Waals surface area contributed by atoms with E-state index in [2.05, 4.69) is 20.5 Å². The summed E-state index contributed by atoms with van der Waals surface area (Å²) < 4.78 is 15.4. The fraction of sp³-hybridized carbons (Fsp3) is 0.500. The van der Waals surface area contributed by atoms with Gasteiger partial charge in [-0.3, -0.25) is 0 Å². The Hall–Kier alpha value is -0.0425. The number of hydrogen-bond acceptors (Lipinski definition) is 5. The average Bonchev–Trinajstić information content (AvgIpc) is 2.11. The van der Waals surface area contributed by atoms with Crippen molar-refractivity contribution in [3.05, 3.63) is 12.2 Å². The van der Waals surface area contributed by atoms with Gasteiger partial charge in [0.1, 0.15) is 0 Å². The summed E-state index contributed by atoms with van der Waals surface area (Å²) in [5.74, 6) is -0.286. The maximum Gasteiger partial charge on any atom is 0.320 e. The molecule has 88 valence electrons. The Morgan fingerprint density at radius 1 is 1.47 bits per heavy atom. The maximum atomic E-state index is 11.3. The molecule has 0 heterocycles. The van der Waals surface area contributed by atoms with Crippen LogP contribution in [0.15, 0.2) is 12.2 Å². The molecule has 5 nitrogen and oxygen atoms in total. The molecule has 0 aromatic heterocycles. The van der Waals surface area contributed by atoms with Crippen LogP contribution < -0.4 is 13.9 Å². The van der Waals surface area contributed by atoms with Crippen LogP contribution in [-0.4, -0.2) is 44.5 Å². The molecule has 0 radical (unpaired) electrons. The van der Waals surface area contributed by atoms with Crippen molar-refractivity contribution in [3.63, 3.8) is 0 Å². The molecule has 0 bridgehead atoms. The summed E-state index contributed by atoms with van der Waals surface area (Å²) in [5, 5.41) is 0. The van der Waals surface area contributed by atoms with Crippen LogP contribution >= 0.6 is 0 Å². The summed E-state index contributed by atoms with van der Waals surface area (Å²) >= 11 is 0. The zero-order valence-corrected chi connectivity index (χ0v) is 15.8. The van der Waals surface area contributed by atoms with E-state index in [9.17, 15) is 4.79 Å². The van der Waals surface area contributed by atoms with E-state index in [1.807, 2.05) is 13.1 Å². The van der Waals surface area contributed by atoms with E-state index >= 15 is 0 Å². The zero-order valence-electron chi connectivity index (χ0n) is 9.94. The van der Waals surface area contributed by atoms with Crippen molar-refractivity contribution in [2.45, 2.75) is 20.0 Å². The first-order chi connectivity index (χ1) is 6.89. The van der Waals surface area contributed by atoms with Crippen LogP contribution in [0, 0.1) is 0 Å². The zero-order chi connectivity index (χ0) is 11.9. The Morgan fingerprint density at radius 3 is 2.53 bits per heavy atom. The summed E-state index contributed by atoms with van der Waals surface area (Å²) in [7, 11) is -1.75. The lowest BCUT2D eigenvalue weighted by Crippen LogP contribution is -2.56. The van der Waals surface area contributed by atoms with Crippen LogP contribution in [0.4, 0.5) is 0 Å². The second-order valence-electron chi connectivity index (χ2n) is 3.81. The standard InChI is InChI=1S/C6H21N3O2Si4/c1-5(2)6(10)11-15(3,4)9-14-8-13-7-12/h7-9H,1,13-14H2,2-4,12H3. The molecule has 0 aliphatic carbocycles. The molecule has 0 fully saturated rings. The van der Waals surface area contributed by atoms with E-state index in [0.717, 1.165) is 10.4 Å². The van der Waals surface area contributed by atoms with E-state index in [1.54, 1.807) is 6.92 Å². The van der Waals surface area contributed by atoms with Gasteiger partial charge < -0.3 is 18.4 Å². The maximum absolute atomic E-state index is 11.3. The molecule has 9 heteroatoms. The van der Waals surface area contributed by atoms with Crippen LogP contribution in [0.3, 0.4) is 0 Å². The Morgan fingerprint density at radius 2 is 2.07 bits per heavy atom. The molecular weight excluding hydrogens is 258 g/mol. The highest BCUT2D eigenvalue weighted by Crippen LogP contribution is 2.02. The topological polar surface area (TPSA) is 62.4 Å². The van der Waals surface area contributed by atoms with Gasteiger partial charge in [-0.2, -0.15) is 0 Å². The summed E-state index contributed by atoms with van der Waals surface area (Å²) in [5.41, 5.74) is 0.461. The van der Waals surface area contributed by atoms with Gasteiger partial charge in [0.15, 0.2) is 19.7 Å². The molecule has 15 heavy (non-hydrogen) atoms. The van der Waals surface area contributed by atoms with Gasteiger partial charge >= 0.3 is 14.4 Å². The number of carbonyl (C=O) groups is 1. The van der Waals surface area contributed by atoms with E-state index < -0.39 is 18.3 Å². The average molecular weight is 280 g/mol. The largest absolute Gasteiger partial charge is 0.503 e. The molecule has 0 spiro atoms. The smallest absolute Gasteiger partial charge is 0.320 e. The first kappa shape index (κ1) is 15.0. The Bertz CT molecular complexity index is 236. The molecule has 0 saturated heterocycles. The van der Waals surface area contributed by atoms with Crippen LogP contribution in [0.25, 0.3) is 0 Å². The molecule has 0 amide bonds. The van der Waals surface area contributed by atoms with Crippen molar-refractivity contribution >= 4 is 44.5 Å².